The van der Waals surface area contributed by atoms with E-state index >= 15 is 0 Å². The highest BCUT2D eigenvalue weighted by Crippen LogP contribution is 2.17. The summed E-state index contributed by atoms with van der Waals surface area (Å²) in [4.78, 5) is 25.2. The lowest BCUT2D eigenvalue weighted by atomic mass is 10.2. The first-order valence-corrected chi connectivity index (χ1v) is 8.64. The van der Waals surface area contributed by atoms with Crippen LogP contribution in [0, 0.1) is 0 Å². The summed E-state index contributed by atoms with van der Waals surface area (Å²) in [6.45, 7) is 2.12. The highest BCUT2D eigenvalue weighted by Gasteiger charge is 2.19. The minimum atomic E-state index is -0.0489. The summed E-state index contributed by atoms with van der Waals surface area (Å²) in [5.41, 5.74) is 0.863. The molecule has 0 atom stereocenters. The summed E-state index contributed by atoms with van der Waals surface area (Å²) < 4.78 is 5.58. The van der Waals surface area contributed by atoms with Gasteiger partial charge in [0.05, 0.1) is 0 Å². The van der Waals surface area contributed by atoms with Gasteiger partial charge >= 0.3 is 0 Å². The number of hydrogen-bond donors (Lipinski definition) is 1. The Morgan fingerprint density at radius 3 is 2.84 bits per heavy atom. The van der Waals surface area contributed by atoms with Gasteiger partial charge in [0.25, 0.3) is 0 Å². The molecule has 1 aromatic carbocycles. The zero-order valence-corrected chi connectivity index (χ0v) is 14.1. The molecule has 0 spiro atoms. The van der Waals surface area contributed by atoms with Crippen LogP contribution in [0.25, 0.3) is 11.5 Å². The Kier molecular flexibility index (Phi) is 5.77. The van der Waals surface area contributed by atoms with Crippen LogP contribution in [0.5, 0.6) is 0 Å². The van der Waals surface area contributed by atoms with Crippen molar-refractivity contribution in [2.45, 2.75) is 32.1 Å². The van der Waals surface area contributed by atoms with E-state index in [1.54, 1.807) is 0 Å². The van der Waals surface area contributed by atoms with Gasteiger partial charge in [-0.05, 0) is 25.0 Å². The van der Waals surface area contributed by atoms with Crippen molar-refractivity contribution in [2.75, 3.05) is 19.6 Å². The van der Waals surface area contributed by atoms with E-state index in [-0.39, 0.29) is 11.8 Å². The zero-order chi connectivity index (χ0) is 17.5. The van der Waals surface area contributed by atoms with Crippen molar-refractivity contribution in [1.82, 2.24) is 20.4 Å². The maximum absolute atomic E-state index is 11.9. The van der Waals surface area contributed by atoms with Crippen LogP contribution in [-0.4, -0.2) is 46.5 Å². The monoisotopic (exact) mass is 342 g/mol. The lowest BCUT2D eigenvalue weighted by molar-refractivity contribution is -0.127. The predicted octanol–water partition coefficient (Wildman–Crippen LogP) is 1.80. The number of hydrogen-bond acceptors (Lipinski definition) is 5. The second kappa shape index (κ2) is 8.41. The fraction of sp³-hybridized carbons (Fsp3) is 0.444. The minimum absolute atomic E-state index is 0.0489. The van der Waals surface area contributed by atoms with E-state index in [9.17, 15) is 9.59 Å². The average Bonchev–Trinajstić information content (AvgIpc) is 3.27. The lowest BCUT2D eigenvalue weighted by Crippen LogP contribution is -2.30. The number of nitrogens with zero attached hydrogens (tertiary/aromatic N) is 3. The molecule has 7 heteroatoms. The molecule has 0 aliphatic carbocycles. The second-order valence-electron chi connectivity index (χ2n) is 6.05. The summed E-state index contributed by atoms with van der Waals surface area (Å²) in [5, 5.41) is 10.8. The van der Waals surface area contributed by atoms with Gasteiger partial charge < -0.3 is 14.6 Å². The van der Waals surface area contributed by atoms with E-state index in [0.717, 1.165) is 24.9 Å². The van der Waals surface area contributed by atoms with Gasteiger partial charge in [0.1, 0.15) is 0 Å². The topological polar surface area (TPSA) is 88.3 Å². The average molecular weight is 342 g/mol. The lowest BCUT2D eigenvalue weighted by Gasteiger charge is -2.15. The van der Waals surface area contributed by atoms with Crippen molar-refractivity contribution in [2.24, 2.45) is 0 Å². The number of rotatable bonds is 8. The summed E-state index contributed by atoms with van der Waals surface area (Å²) in [7, 11) is 0. The van der Waals surface area contributed by atoms with Gasteiger partial charge in [-0.1, -0.05) is 18.2 Å². The molecule has 3 rings (SSSR count). The normalized spacial score (nSPS) is 14.1. The molecule has 2 heterocycles. The van der Waals surface area contributed by atoms with Crippen LogP contribution in [0.1, 0.15) is 31.6 Å². The van der Waals surface area contributed by atoms with Crippen molar-refractivity contribution in [3.63, 3.8) is 0 Å². The fourth-order valence-corrected chi connectivity index (χ4v) is 2.80. The molecule has 0 bridgehead atoms. The first-order chi connectivity index (χ1) is 12.2. The van der Waals surface area contributed by atoms with Gasteiger partial charge in [0, 0.05) is 44.5 Å². The number of carbonyl (C=O) groups excluding carboxylic acids is 2. The Morgan fingerprint density at radius 1 is 1.24 bits per heavy atom. The van der Waals surface area contributed by atoms with Gasteiger partial charge in [-0.15, -0.1) is 10.2 Å². The molecule has 2 aromatic rings. The van der Waals surface area contributed by atoms with Gasteiger partial charge in [0.15, 0.2) is 0 Å². The maximum atomic E-state index is 11.9. The van der Waals surface area contributed by atoms with Crippen molar-refractivity contribution in [1.29, 1.82) is 0 Å². The molecule has 7 nitrogen and oxygen atoms in total. The molecule has 1 aliphatic heterocycles. The Labute approximate surface area is 146 Å². The summed E-state index contributed by atoms with van der Waals surface area (Å²) in [6.07, 6.45) is 3.09. The number of carbonyl (C=O) groups is 2. The molecule has 1 N–H and O–H groups in total. The fourth-order valence-electron chi connectivity index (χ4n) is 2.80. The van der Waals surface area contributed by atoms with E-state index < -0.39 is 0 Å². The number of aromatic nitrogens is 2. The third-order valence-electron chi connectivity index (χ3n) is 4.15. The van der Waals surface area contributed by atoms with Gasteiger partial charge in [-0.25, -0.2) is 0 Å². The number of amides is 2. The predicted molar refractivity (Wildman–Crippen MR) is 91.5 cm³/mol. The zero-order valence-electron chi connectivity index (χ0n) is 14.1. The molecule has 132 valence electrons. The quantitative estimate of drug-likeness (QED) is 0.739. The number of nitrogens with one attached hydrogen (secondary N) is 1. The Morgan fingerprint density at radius 2 is 2.08 bits per heavy atom. The van der Waals surface area contributed by atoms with Crippen LogP contribution in [0.2, 0.25) is 0 Å². The summed E-state index contributed by atoms with van der Waals surface area (Å²) in [5.74, 6) is 1.09. The molecule has 1 fully saturated rings. The smallest absolute Gasteiger partial charge is 0.247 e. The number of aryl methyl sites for hydroxylation is 1. The molecular weight excluding hydrogens is 320 g/mol. The van der Waals surface area contributed by atoms with Crippen molar-refractivity contribution in [3.05, 3.63) is 36.2 Å². The van der Waals surface area contributed by atoms with E-state index in [1.165, 1.54) is 0 Å². The summed E-state index contributed by atoms with van der Waals surface area (Å²) in [6, 6.07) is 9.53. The van der Waals surface area contributed by atoms with Crippen LogP contribution >= 0.6 is 0 Å². The van der Waals surface area contributed by atoms with E-state index in [2.05, 4.69) is 15.5 Å². The molecule has 0 unspecified atom stereocenters. The molecule has 2 amide bonds. The first-order valence-electron chi connectivity index (χ1n) is 8.64. The van der Waals surface area contributed by atoms with Crippen molar-refractivity contribution < 1.29 is 14.0 Å². The van der Waals surface area contributed by atoms with Crippen LogP contribution in [0.3, 0.4) is 0 Å². The van der Waals surface area contributed by atoms with Crippen molar-refractivity contribution >= 4 is 11.8 Å². The van der Waals surface area contributed by atoms with E-state index in [1.807, 2.05) is 35.2 Å². The number of benzene rings is 1. The van der Waals surface area contributed by atoms with Crippen LogP contribution in [-0.2, 0) is 16.0 Å². The highest BCUT2D eigenvalue weighted by atomic mass is 16.4. The molecule has 0 radical (unpaired) electrons. The van der Waals surface area contributed by atoms with E-state index in [4.69, 9.17) is 4.42 Å². The van der Waals surface area contributed by atoms with Crippen molar-refractivity contribution in [3.8, 4) is 11.5 Å². The van der Waals surface area contributed by atoms with Crippen LogP contribution in [0.4, 0.5) is 0 Å². The maximum Gasteiger partial charge on any atom is 0.247 e. The molecule has 1 aliphatic rings. The van der Waals surface area contributed by atoms with Crippen LogP contribution < -0.4 is 5.32 Å². The minimum Gasteiger partial charge on any atom is -0.421 e. The molecule has 1 aromatic heterocycles. The van der Waals surface area contributed by atoms with Gasteiger partial charge in [-0.3, -0.25) is 9.59 Å². The third kappa shape index (κ3) is 4.89. The van der Waals surface area contributed by atoms with E-state index in [0.29, 0.717) is 44.1 Å². The van der Waals surface area contributed by atoms with Gasteiger partial charge in [0.2, 0.25) is 23.6 Å². The third-order valence-corrected chi connectivity index (χ3v) is 4.15. The second-order valence-corrected chi connectivity index (χ2v) is 6.05. The standard InChI is InChI=1S/C18H22N4O3/c23-15(19-11-5-13-22-12-4-8-17(22)24)9-10-16-20-21-18(25-16)14-6-2-1-3-7-14/h1-3,6-7H,4-5,8-13H2,(H,19,23). The van der Waals surface area contributed by atoms with Gasteiger partial charge in [-0.2, -0.15) is 0 Å². The first kappa shape index (κ1) is 17.1. The SMILES string of the molecule is O=C(CCc1nnc(-c2ccccc2)o1)NCCCN1CCCC1=O. The molecule has 25 heavy (non-hydrogen) atoms. The molecular formula is C18H22N4O3. The Bertz CT molecular complexity index is 714. The summed E-state index contributed by atoms with van der Waals surface area (Å²) >= 11 is 0. The Balaban J connectivity index is 1.35. The highest BCUT2D eigenvalue weighted by molar-refractivity contribution is 5.78. The molecule has 1 saturated heterocycles. The number of likely N-dealkylation sites (tertiary alicyclic amines) is 1. The Hall–Kier alpha value is -2.70. The largest absolute Gasteiger partial charge is 0.421 e. The molecule has 0 saturated carbocycles. The van der Waals surface area contributed by atoms with Crippen LogP contribution in [0.15, 0.2) is 34.7 Å².